The van der Waals surface area contributed by atoms with E-state index in [2.05, 4.69) is 45.3 Å². The van der Waals surface area contributed by atoms with Gasteiger partial charge < -0.3 is 15.7 Å². The van der Waals surface area contributed by atoms with Crippen LogP contribution in [0.15, 0.2) is 0 Å². The van der Waals surface area contributed by atoms with Gasteiger partial charge in [-0.2, -0.15) is 0 Å². The van der Waals surface area contributed by atoms with Crippen LogP contribution in [0.1, 0.15) is 41.0 Å². The second kappa shape index (κ2) is 5.69. The molecular formula is C11H26N2O. The maximum atomic E-state index is 8.83. The lowest BCUT2D eigenvalue weighted by molar-refractivity contribution is 0.230. The molecule has 3 heteroatoms. The van der Waals surface area contributed by atoms with Gasteiger partial charge in [-0.1, -0.05) is 0 Å². The first kappa shape index (κ1) is 13.9. The summed E-state index contributed by atoms with van der Waals surface area (Å²) < 4.78 is 0. The van der Waals surface area contributed by atoms with E-state index in [1.54, 1.807) is 0 Å². The Balaban J connectivity index is 3.54. The summed E-state index contributed by atoms with van der Waals surface area (Å²) in [6, 6.07) is 0. The van der Waals surface area contributed by atoms with Crippen LogP contribution in [-0.4, -0.2) is 35.9 Å². The molecule has 0 aliphatic rings. The Morgan fingerprint density at radius 2 is 1.43 bits per heavy atom. The fourth-order valence-corrected chi connectivity index (χ4v) is 1.21. The molecule has 0 amide bonds. The van der Waals surface area contributed by atoms with Crippen molar-refractivity contribution in [1.82, 2.24) is 10.6 Å². The molecule has 14 heavy (non-hydrogen) atoms. The Hall–Kier alpha value is -0.120. The molecule has 0 fully saturated rings. The molecule has 0 aromatic heterocycles. The molecule has 0 aromatic rings. The van der Waals surface area contributed by atoms with Crippen molar-refractivity contribution in [2.45, 2.75) is 52.1 Å². The van der Waals surface area contributed by atoms with Gasteiger partial charge >= 0.3 is 0 Å². The maximum absolute atomic E-state index is 8.83. The number of hydrogen-bond acceptors (Lipinski definition) is 3. The molecule has 0 rings (SSSR count). The summed E-state index contributed by atoms with van der Waals surface area (Å²) in [5.41, 5.74) is 0.219. The van der Waals surface area contributed by atoms with Crippen molar-refractivity contribution in [1.29, 1.82) is 0 Å². The van der Waals surface area contributed by atoms with Crippen molar-refractivity contribution in [3.05, 3.63) is 0 Å². The second-order valence-corrected chi connectivity index (χ2v) is 5.46. The van der Waals surface area contributed by atoms with E-state index in [1.165, 1.54) is 0 Å². The first-order valence-corrected chi connectivity index (χ1v) is 5.38. The maximum Gasteiger partial charge on any atom is 0.0448 e. The van der Waals surface area contributed by atoms with Crippen LogP contribution in [-0.2, 0) is 0 Å². The van der Waals surface area contributed by atoms with Crippen molar-refractivity contribution in [3.8, 4) is 0 Å². The predicted molar refractivity (Wildman–Crippen MR) is 61.5 cm³/mol. The molecule has 86 valence electrons. The third-order valence-electron chi connectivity index (χ3n) is 2.12. The molecule has 0 bridgehead atoms. The van der Waals surface area contributed by atoms with E-state index in [1.807, 2.05) is 0 Å². The van der Waals surface area contributed by atoms with Gasteiger partial charge in [-0.05, 0) is 41.0 Å². The fourth-order valence-electron chi connectivity index (χ4n) is 1.21. The quantitative estimate of drug-likeness (QED) is 0.566. The third kappa shape index (κ3) is 8.48. The number of nitrogens with one attached hydrogen (secondary N) is 2. The van der Waals surface area contributed by atoms with Crippen LogP contribution in [0.5, 0.6) is 0 Å². The van der Waals surface area contributed by atoms with Crippen molar-refractivity contribution in [3.63, 3.8) is 0 Å². The van der Waals surface area contributed by atoms with Gasteiger partial charge in [0.1, 0.15) is 0 Å². The van der Waals surface area contributed by atoms with Crippen LogP contribution in [0.2, 0.25) is 0 Å². The van der Waals surface area contributed by atoms with Crippen molar-refractivity contribution < 1.29 is 5.11 Å². The Morgan fingerprint density at radius 3 is 1.86 bits per heavy atom. The Labute approximate surface area is 88.3 Å². The molecule has 3 N–H and O–H groups in total. The summed E-state index contributed by atoms with van der Waals surface area (Å²) in [6.07, 6.45) is 0.794. The minimum atomic E-state index is 0.0360. The molecule has 0 radical (unpaired) electrons. The highest BCUT2D eigenvalue weighted by Gasteiger charge is 2.15. The Morgan fingerprint density at radius 1 is 0.929 bits per heavy atom. The lowest BCUT2D eigenvalue weighted by atomic mass is 10.0. The van der Waals surface area contributed by atoms with Crippen molar-refractivity contribution in [2.75, 3.05) is 19.7 Å². The second-order valence-electron chi connectivity index (χ2n) is 5.46. The summed E-state index contributed by atoms with van der Waals surface area (Å²) in [5, 5.41) is 15.7. The van der Waals surface area contributed by atoms with Crippen molar-refractivity contribution >= 4 is 0 Å². The standard InChI is InChI=1S/C11H26N2O/c1-10(2,3)12-7-8-13-11(4,5)6-9-14/h12-14H,6-9H2,1-5H3. The highest BCUT2D eigenvalue weighted by molar-refractivity contribution is 4.78. The van der Waals surface area contributed by atoms with E-state index in [0.717, 1.165) is 19.5 Å². The largest absolute Gasteiger partial charge is 0.396 e. The number of aliphatic hydroxyl groups is 1. The van der Waals surface area contributed by atoms with Gasteiger partial charge in [0, 0.05) is 30.8 Å². The first-order chi connectivity index (χ1) is 6.27. The monoisotopic (exact) mass is 202 g/mol. The van der Waals surface area contributed by atoms with Gasteiger partial charge in [-0.15, -0.1) is 0 Å². The first-order valence-electron chi connectivity index (χ1n) is 5.38. The molecule has 0 aliphatic heterocycles. The molecule has 0 saturated heterocycles. The van der Waals surface area contributed by atoms with E-state index in [0.29, 0.717) is 0 Å². The predicted octanol–water partition coefficient (Wildman–Crippen LogP) is 1.13. The Kier molecular flexibility index (Phi) is 5.64. The Bertz CT molecular complexity index is 150. The topological polar surface area (TPSA) is 44.3 Å². The summed E-state index contributed by atoms with van der Waals surface area (Å²) >= 11 is 0. The van der Waals surface area contributed by atoms with Crippen LogP contribution in [0, 0.1) is 0 Å². The molecular weight excluding hydrogens is 176 g/mol. The molecule has 0 atom stereocenters. The molecule has 0 aliphatic carbocycles. The molecule has 0 aromatic carbocycles. The van der Waals surface area contributed by atoms with Gasteiger partial charge in [0.25, 0.3) is 0 Å². The lowest BCUT2D eigenvalue weighted by Gasteiger charge is -2.27. The zero-order valence-electron chi connectivity index (χ0n) is 10.3. The van der Waals surface area contributed by atoms with E-state index >= 15 is 0 Å². The van der Waals surface area contributed by atoms with Gasteiger partial charge in [0.15, 0.2) is 0 Å². The zero-order chi connectivity index (χ0) is 11.2. The molecule has 0 heterocycles. The minimum Gasteiger partial charge on any atom is -0.396 e. The van der Waals surface area contributed by atoms with Crippen LogP contribution >= 0.6 is 0 Å². The van der Waals surface area contributed by atoms with Crippen LogP contribution < -0.4 is 10.6 Å². The van der Waals surface area contributed by atoms with E-state index in [-0.39, 0.29) is 17.7 Å². The van der Waals surface area contributed by atoms with Gasteiger partial charge in [0.2, 0.25) is 0 Å². The third-order valence-corrected chi connectivity index (χ3v) is 2.12. The van der Waals surface area contributed by atoms with Crippen molar-refractivity contribution in [2.24, 2.45) is 0 Å². The summed E-state index contributed by atoms with van der Waals surface area (Å²) in [4.78, 5) is 0. The summed E-state index contributed by atoms with van der Waals surface area (Å²) in [6.45, 7) is 12.8. The summed E-state index contributed by atoms with van der Waals surface area (Å²) in [7, 11) is 0. The van der Waals surface area contributed by atoms with Gasteiger partial charge in [-0.25, -0.2) is 0 Å². The molecule has 0 saturated carbocycles. The molecule has 0 unspecified atom stereocenters. The van der Waals surface area contributed by atoms with Gasteiger partial charge in [0.05, 0.1) is 0 Å². The van der Waals surface area contributed by atoms with Crippen LogP contribution in [0.25, 0.3) is 0 Å². The normalized spacial score (nSPS) is 13.3. The van der Waals surface area contributed by atoms with E-state index in [9.17, 15) is 0 Å². The molecule has 3 nitrogen and oxygen atoms in total. The number of aliphatic hydroxyl groups excluding tert-OH is 1. The van der Waals surface area contributed by atoms with E-state index in [4.69, 9.17) is 5.11 Å². The van der Waals surface area contributed by atoms with Crippen LogP contribution in [0.3, 0.4) is 0 Å². The SMILES string of the molecule is CC(C)(C)NCCNC(C)(C)CCO. The average molecular weight is 202 g/mol. The van der Waals surface area contributed by atoms with Crippen LogP contribution in [0.4, 0.5) is 0 Å². The minimum absolute atomic E-state index is 0.0360. The number of hydrogen-bond donors (Lipinski definition) is 3. The number of rotatable bonds is 6. The smallest absolute Gasteiger partial charge is 0.0448 e. The van der Waals surface area contributed by atoms with Gasteiger partial charge in [-0.3, -0.25) is 0 Å². The summed E-state index contributed by atoms with van der Waals surface area (Å²) in [5.74, 6) is 0. The fraction of sp³-hybridized carbons (Fsp3) is 1.00. The zero-order valence-corrected chi connectivity index (χ0v) is 10.3. The lowest BCUT2D eigenvalue weighted by Crippen LogP contribution is -2.46. The average Bonchev–Trinajstić information content (AvgIpc) is 1.96. The molecule has 0 spiro atoms. The van der Waals surface area contributed by atoms with E-state index < -0.39 is 0 Å². The highest BCUT2D eigenvalue weighted by atomic mass is 16.3. The highest BCUT2D eigenvalue weighted by Crippen LogP contribution is 2.06.